The van der Waals surface area contributed by atoms with Crippen molar-refractivity contribution in [3.8, 4) is 0 Å². The van der Waals surface area contributed by atoms with Crippen LogP contribution in [-0.4, -0.2) is 4.98 Å². The first-order valence-electron chi connectivity index (χ1n) is 6.77. The first-order valence-corrected chi connectivity index (χ1v) is 6.77. The number of aromatic nitrogens is 1. The van der Waals surface area contributed by atoms with Crippen molar-refractivity contribution < 1.29 is 30.8 Å². The van der Waals surface area contributed by atoms with Gasteiger partial charge in [0.2, 0.25) is 0 Å². The number of hydrogen-bond acceptors (Lipinski definition) is 1. The third-order valence-electron chi connectivity index (χ3n) is 3.87. The van der Waals surface area contributed by atoms with E-state index >= 15 is 0 Å². The summed E-state index contributed by atoms with van der Waals surface area (Å²) in [6, 6.07) is 6.45. The average Bonchev–Trinajstić information content (AvgIpc) is 3.00. The van der Waals surface area contributed by atoms with Gasteiger partial charge in [-0.25, -0.2) is 0 Å². The van der Waals surface area contributed by atoms with Gasteiger partial charge in [-0.15, -0.1) is 0 Å². The monoisotopic (exact) mass is 343 g/mol. The summed E-state index contributed by atoms with van der Waals surface area (Å²) in [5.41, 5.74) is -1.60. The summed E-state index contributed by atoms with van der Waals surface area (Å²) >= 11 is 0. The van der Waals surface area contributed by atoms with Gasteiger partial charge in [0, 0.05) is 5.39 Å². The van der Waals surface area contributed by atoms with Crippen LogP contribution in [0.5, 0.6) is 0 Å². The highest BCUT2D eigenvalue weighted by Crippen LogP contribution is 2.42. The molecule has 0 aliphatic rings. The number of benzene rings is 2. The van der Waals surface area contributed by atoms with E-state index in [0.29, 0.717) is 5.39 Å². The first kappa shape index (κ1) is 14.9. The van der Waals surface area contributed by atoms with Gasteiger partial charge in [-0.2, -0.15) is 26.3 Å². The lowest BCUT2D eigenvalue weighted by Gasteiger charge is -2.07. The van der Waals surface area contributed by atoms with E-state index in [4.69, 9.17) is 4.42 Å². The van der Waals surface area contributed by atoms with E-state index in [9.17, 15) is 26.3 Å². The smallest absolute Gasteiger partial charge is 0.417 e. The third kappa shape index (κ3) is 2.05. The zero-order valence-corrected chi connectivity index (χ0v) is 11.6. The molecule has 24 heavy (non-hydrogen) atoms. The summed E-state index contributed by atoms with van der Waals surface area (Å²) in [5.74, 6) is 0. The Bertz CT molecular complexity index is 1080. The fourth-order valence-electron chi connectivity index (χ4n) is 2.85. The predicted molar refractivity (Wildman–Crippen MR) is 75.6 cm³/mol. The molecule has 2 aromatic heterocycles. The molecule has 0 amide bonds. The molecule has 0 atom stereocenters. The van der Waals surface area contributed by atoms with Crippen LogP contribution in [0, 0.1) is 0 Å². The Morgan fingerprint density at radius 1 is 0.875 bits per heavy atom. The highest BCUT2D eigenvalue weighted by atomic mass is 19.4. The van der Waals surface area contributed by atoms with Crippen LogP contribution in [-0.2, 0) is 12.4 Å². The molecule has 2 aromatic carbocycles. The number of fused-ring (bicyclic) bond motifs is 5. The zero-order chi connectivity index (χ0) is 17.3. The van der Waals surface area contributed by atoms with Crippen molar-refractivity contribution in [2.45, 2.75) is 12.4 Å². The third-order valence-corrected chi connectivity index (χ3v) is 3.87. The second kappa shape index (κ2) is 4.46. The molecule has 8 heteroatoms. The molecule has 2 nitrogen and oxygen atoms in total. The van der Waals surface area contributed by atoms with Crippen molar-refractivity contribution in [1.82, 2.24) is 4.98 Å². The molecule has 0 spiro atoms. The summed E-state index contributed by atoms with van der Waals surface area (Å²) in [5, 5.41) is 0.104. The van der Waals surface area contributed by atoms with E-state index in [1.54, 1.807) is 0 Å². The standard InChI is InChI=1S/C16H7F6NO/c17-15(18,19)7-4-5-8-11(6-7)24-14-12-9(16(20,21)22)2-1-3-10(12)23-13(8)14/h1-6,23H. The molecule has 4 rings (SSSR count). The van der Waals surface area contributed by atoms with Gasteiger partial charge >= 0.3 is 12.4 Å². The summed E-state index contributed by atoms with van der Waals surface area (Å²) in [4.78, 5) is 2.80. The Labute approximate surface area is 129 Å². The van der Waals surface area contributed by atoms with Crippen molar-refractivity contribution in [1.29, 1.82) is 0 Å². The number of H-pyrrole nitrogens is 1. The number of alkyl halides is 6. The molecule has 0 saturated heterocycles. The van der Waals surface area contributed by atoms with Crippen LogP contribution in [0.2, 0.25) is 0 Å². The maximum Gasteiger partial charge on any atom is 0.417 e. The molecule has 0 bridgehead atoms. The lowest BCUT2D eigenvalue weighted by atomic mass is 10.1. The van der Waals surface area contributed by atoms with Crippen LogP contribution in [0.4, 0.5) is 26.3 Å². The Hall–Kier alpha value is -2.64. The SMILES string of the molecule is FC(F)(F)c1ccc2c(c1)oc1c2[nH]c2cccc(C(F)(F)F)c21. The van der Waals surface area contributed by atoms with Gasteiger partial charge in [0.1, 0.15) is 5.58 Å². The van der Waals surface area contributed by atoms with Crippen molar-refractivity contribution in [2.75, 3.05) is 0 Å². The summed E-state index contributed by atoms with van der Waals surface area (Å²) in [7, 11) is 0. The summed E-state index contributed by atoms with van der Waals surface area (Å²) in [6.45, 7) is 0. The minimum absolute atomic E-state index is 0.104. The molecular weight excluding hydrogens is 336 g/mol. The molecule has 0 radical (unpaired) electrons. The molecule has 124 valence electrons. The van der Waals surface area contributed by atoms with Crippen molar-refractivity contribution >= 4 is 33.0 Å². The first-order chi connectivity index (χ1) is 11.2. The van der Waals surface area contributed by atoms with Crippen molar-refractivity contribution in [3.63, 3.8) is 0 Å². The fraction of sp³-hybridized carbons (Fsp3) is 0.125. The highest BCUT2D eigenvalue weighted by Gasteiger charge is 2.35. The molecule has 0 unspecified atom stereocenters. The van der Waals surface area contributed by atoms with Crippen molar-refractivity contribution in [2.24, 2.45) is 0 Å². The van der Waals surface area contributed by atoms with Crippen LogP contribution >= 0.6 is 0 Å². The normalized spacial score (nSPS) is 13.4. The molecule has 4 aromatic rings. The maximum absolute atomic E-state index is 13.2. The Morgan fingerprint density at radius 2 is 1.62 bits per heavy atom. The fourth-order valence-corrected chi connectivity index (χ4v) is 2.85. The Balaban J connectivity index is 2.10. The number of furan rings is 1. The van der Waals surface area contributed by atoms with Crippen LogP contribution in [0.15, 0.2) is 40.8 Å². The van der Waals surface area contributed by atoms with E-state index in [1.807, 2.05) is 0 Å². The Kier molecular flexibility index (Phi) is 2.77. The van der Waals surface area contributed by atoms with Crippen molar-refractivity contribution in [3.05, 3.63) is 47.5 Å². The van der Waals surface area contributed by atoms with Crippen LogP contribution in [0.1, 0.15) is 11.1 Å². The van der Waals surface area contributed by atoms with Crippen LogP contribution in [0.25, 0.3) is 33.0 Å². The summed E-state index contributed by atoms with van der Waals surface area (Å²) < 4.78 is 83.2. The van der Waals surface area contributed by atoms with Gasteiger partial charge in [0.05, 0.1) is 27.5 Å². The average molecular weight is 343 g/mol. The molecule has 0 fully saturated rings. The topological polar surface area (TPSA) is 28.9 Å². The van der Waals surface area contributed by atoms with E-state index < -0.39 is 23.5 Å². The van der Waals surface area contributed by atoms with Crippen LogP contribution in [0.3, 0.4) is 0 Å². The molecule has 2 heterocycles. The second-order valence-electron chi connectivity index (χ2n) is 5.37. The molecule has 1 N–H and O–H groups in total. The zero-order valence-electron chi connectivity index (χ0n) is 11.6. The number of rotatable bonds is 0. The van der Waals surface area contributed by atoms with Gasteiger partial charge in [-0.05, 0) is 30.3 Å². The minimum Gasteiger partial charge on any atom is -0.454 e. The quantitative estimate of drug-likeness (QED) is 0.384. The largest absolute Gasteiger partial charge is 0.454 e. The lowest BCUT2D eigenvalue weighted by Crippen LogP contribution is -2.04. The number of nitrogens with one attached hydrogen (secondary N) is 1. The summed E-state index contributed by atoms with van der Waals surface area (Å²) in [6.07, 6.45) is -9.17. The van der Waals surface area contributed by atoms with E-state index in [1.165, 1.54) is 18.2 Å². The van der Waals surface area contributed by atoms with Gasteiger partial charge in [-0.3, -0.25) is 0 Å². The van der Waals surface area contributed by atoms with Gasteiger partial charge in [0.25, 0.3) is 0 Å². The molecule has 0 aliphatic heterocycles. The number of hydrogen-bond donors (Lipinski definition) is 1. The lowest BCUT2D eigenvalue weighted by molar-refractivity contribution is -0.137. The molecule has 0 aliphatic carbocycles. The van der Waals surface area contributed by atoms with Crippen LogP contribution < -0.4 is 0 Å². The van der Waals surface area contributed by atoms with E-state index in [0.717, 1.165) is 18.2 Å². The molecule has 0 saturated carbocycles. The van der Waals surface area contributed by atoms with Gasteiger partial charge in [0.15, 0.2) is 5.58 Å². The van der Waals surface area contributed by atoms with Gasteiger partial charge < -0.3 is 9.40 Å². The Morgan fingerprint density at radius 3 is 2.29 bits per heavy atom. The number of aromatic amines is 1. The maximum atomic E-state index is 13.2. The number of halogens is 6. The van der Waals surface area contributed by atoms with E-state index in [-0.39, 0.29) is 27.6 Å². The minimum atomic E-state index is -4.61. The second-order valence-corrected chi connectivity index (χ2v) is 5.37. The van der Waals surface area contributed by atoms with Gasteiger partial charge in [-0.1, -0.05) is 6.07 Å². The predicted octanol–water partition coefficient (Wildman–Crippen LogP) is 6.10. The van der Waals surface area contributed by atoms with E-state index in [2.05, 4.69) is 4.98 Å². The molecular formula is C16H7F6NO. The highest BCUT2D eigenvalue weighted by molar-refractivity contribution is 6.15.